The molecule has 4 rings (SSSR count). The SMILES string of the molecule is CC(C)C[C@@H]1NC(=O)C2(CCN(CCCCCc3ccccc3)CC2)N(Cc2ccccc2)C1=O. The third-order valence-corrected chi connectivity index (χ3v) is 7.67. The molecule has 0 bridgehead atoms. The molecule has 0 aromatic heterocycles. The summed E-state index contributed by atoms with van der Waals surface area (Å²) in [6, 6.07) is 20.4. The quantitative estimate of drug-likeness (QED) is 0.502. The second kappa shape index (κ2) is 11.9. The Morgan fingerprint density at radius 3 is 2.14 bits per heavy atom. The molecule has 2 fully saturated rings. The standard InChI is InChI=1S/C30H41N3O2/c1-24(2)22-27-28(34)33(23-26-15-8-4-9-16-26)30(29(35)31-27)17-20-32(21-18-30)19-11-5-10-14-25-12-6-3-7-13-25/h3-4,6-9,12-13,15-16,24,27H,5,10-11,14,17-23H2,1-2H3,(H,31,35)/t27-/m0/s1. The minimum Gasteiger partial charge on any atom is -0.342 e. The van der Waals surface area contributed by atoms with Gasteiger partial charge in [-0.3, -0.25) is 9.59 Å². The van der Waals surface area contributed by atoms with Crippen LogP contribution in [-0.2, 0) is 22.6 Å². The van der Waals surface area contributed by atoms with E-state index >= 15 is 0 Å². The van der Waals surface area contributed by atoms with E-state index in [-0.39, 0.29) is 11.8 Å². The molecular weight excluding hydrogens is 434 g/mol. The number of aryl methyl sites for hydroxylation is 1. The number of piperidine rings is 1. The Balaban J connectivity index is 1.35. The average Bonchev–Trinajstić information content (AvgIpc) is 2.87. The van der Waals surface area contributed by atoms with Crippen LogP contribution < -0.4 is 5.32 Å². The average molecular weight is 476 g/mol. The van der Waals surface area contributed by atoms with Crippen LogP contribution in [0.15, 0.2) is 60.7 Å². The molecule has 1 spiro atoms. The van der Waals surface area contributed by atoms with Crippen molar-refractivity contribution in [1.29, 1.82) is 0 Å². The Morgan fingerprint density at radius 1 is 0.886 bits per heavy atom. The highest BCUT2D eigenvalue weighted by Crippen LogP contribution is 2.35. The second-order valence-electron chi connectivity index (χ2n) is 10.7. The summed E-state index contributed by atoms with van der Waals surface area (Å²) in [7, 11) is 0. The third kappa shape index (κ3) is 6.32. The van der Waals surface area contributed by atoms with Crippen molar-refractivity contribution in [2.75, 3.05) is 19.6 Å². The molecular formula is C30H41N3O2. The maximum absolute atomic E-state index is 13.6. The summed E-state index contributed by atoms with van der Waals surface area (Å²) in [4.78, 5) is 31.6. The number of likely N-dealkylation sites (tertiary alicyclic amines) is 1. The molecule has 188 valence electrons. The van der Waals surface area contributed by atoms with Crippen LogP contribution in [0.4, 0.5) is 0 Å². The number of hydrogen-bond acceptors (Lipinski definition) is 3. The fourth-order valence-electron chi connectivity index (χ4n) is 5.63. The van der Waals surface area contributed by atoms with Crippen LogP contribution in [0.3, 0.4) is 0 Å². The van der Waals surface area contributed by atoms with Crippen LogP contribution in [0, 0.1) is 5.92 Å². The Morgan fingerprint density at radius 2 is 1.51 bits per heavy atom. The van der Waals surface area contributed by atoms with Crippen LogP contribution in [0.2, 0.25) is 0 Å². The second-order valence-corrected chi connectivity index (χ2v) is 10.7. The predicted molar refractivity (Wildman–Crippen MR) is 141 cm³/mol. The first-order valence-corrected chi connectivity index (χ1v) is 13.4. The third-order valence-electron chi connectivity index (χ3n) is 7.67. The molecule has 5 nitrogen and oxygen atoms in total. The summed E-state index contributed by atoms with van der Waals surface area (Å²) < 4.78 is 0. The molecule has 2 heterocycles. The lowest BCUT2D eigenvalue weighted by molar-refractivity contribution is -0.162. The molecule has 0 saturated carbocycles. The first kappa shape index (κ1) is 25.4. The molecule has 35 heavy (non-hydrogen) atoms. The van der Waals surface area contributed by atoms with Crippen LogP contribution in [0.1, 0.15) is 63.5 Å². The molecule has 2 amide bonds. The first-order valence-electron chi connectivity index (χ1n) is 13.4. The molecule has 2 saturated heterocycles. The van der Waals surface area contributed by atoms with Gasteiger partial charge in [0.25, 0.3) is 0 Å². The van der Waals surface area contributed by atoms with E-state index in [0.717, 1.165) is 31.6 Å². The van der Waals surface area contributed by atoms with E-state index in [4.69, 9.17) is 0 Å². The summed E-state index contributed by atoms with van der Waals surface area (Å²) in [5.74, 6) is 0.471. The van der Waals surface area contributed by atoms with Gasteiger partial charge in [-0.15, -0.1) is 0 Å². The van der Waals surface area contributed by atoms with Crippen LogP contribution in [-0.4, -0.2) is 52.8 Å². The van der Waals surface area contributed by atoms with Crippen molar-refractivity contribution in [3.05, 3.63) is 71.8 Å². The van der Waals surface area contributed by atoms with E-state index in [1.165, 1.54) is 24.8 Å². The maximum Gasteiger partial charge on any atom is 0.246 e. The smallest absolute Gasteiger partial charge is 0.246 e. The van der Waals surface area contributed by atoms with Gasteiger partial charge in [0.05, 0.1) is 0 Å². The van der Waals surface area contributed by atoms with Crippen molar-refractivity contribution in [2.45, 2.75) is 76.9 Å². The summed E-state index contributed by atoms with van der Waals surface area (Å²) >= 11 is 0. The van der Waals surface area contributed by atoms with Gasteiger partial charge in [0.2, 0.25) is 11.8 Å². The maximum atomic E-state index is 13.6. The zero-order chi connectivity index (χ0) is 24.7. The fraction of sp³-hybridized carbons (Fsp3) is 0.533. The molecule has 0 radical (unpaired) electrons. The number of carbonyl (C=O) groups is 2. The van der Waals surface area contributed by atoms with E-state index < -0.39 is 11.6 Å². The molecule has 2 aliphatic rings. The molecule has 2 aliphatic heterocycles. The van der Waals surface area contributed by atoms with E-state index in [1.807, 2.05) is 23.1 Å². The lowest BCUT2D eigenvalue weighted by atomic mass is 9.80. The van der Waals surface area contributed by atoms with Gasteiger partial charge >= 0.3 is 0 Å². The van der Waals surface area contributed by atoms with Gasteiger partial charge in [-0.05, 0) is 62.1 Å². The van der Waals surface area contributed by atoms with Crippen molar-refractivity contribution < 1.29 is 9.59 Å². The van der Waals surface area contributed by atoms with E-state index in [9.17, 15) is 9.59 Å². The van der Waals surface area contributed by atoms with E-state index in [0.29, 0.717) is 31.7 Å². The predicted octanol–water partition coefficient (Wildman–Crippen LogP) is 4.81. The van der Waals surface area contributed by atoms with Crippen LogP contribution >= 0.6 is 0 Å². The Hall–Kier alpha value is -2.66. The molecule has 1 N–H and O–H groups in total. The highest BCUT2D eigenvalue weighted by molar-refractivity contribution is 6.00. The molecule has 5 heteroatoms. The van der Waals surface area contributed by atoms with Gasteiger partial charge in [-0.2, -0.15) is 0 Å². The highest BCUT2D eigenvalue weighted by atomic mass is 16.2. The summed E-state index contributed by atoms with van der Waals surface area (Å²) in [5.41, 5.74) is 1.76. The largest absolute Gasteiger partial charge is 0.342 e. The number of benzene rings is 2. The number of piperazine rings is 1. The minimum atomic E-state index is -0.732. The Labute approximate surface area is 210 Å². The Bertz CT molecular complexity index is 952. The van der Waals surface area contributed by atoms with Crippen molar-refractivity contribution >= 4 is 11.8 Å². The Kier molecular flexibility index (Phi) is 8.61. The molecule has 2 aromatic carbocycles. The van der Waals surface area contributed by atoms with Gasteiger partial charge in [0.15, 0.2) is 0 Å². The number of carbonyl (C=O) groups excluding carboxylic acids is 2. The van der Waals surface area contributed by atoms with Gasteiger partial charge in [-0.25, -0.2) is 0 Å². The first-order chi connectivity index (χ1) is 17.0. The fourth-order valence-corrected chi connectivity index (χ4v) is 5.63. The number of nitrogens with zero attached hydrogens (tertiary/aromatic N) is 2. The van der Waals surface area contributed by atoms with Crippen molar-refractivity contribution in [3.63, 3.8) is 0 Å². The van der Waals surface area contributed by atoms with E-state index in [1.54, 1.807) is 0 Å². The zero-order valence-electron chi connectivity index (χ0n) is 21.4. The molecule has 0 unspecified atom stereocenters. The van der Waals surface area contributed by atoms with Crippen molar-refractivity contribution in [2.24, 2.45) is 5.92 Å². The molecule has 0 aliphatic carbocycles. The topological polar surface area (TPSA) is 52.7 Å². The van der Waals surface area contributed by atoms with Crippen molar-refractivity contribution in [1.82, 2.24) is 15.1 Å². The summed E-state index contributed by atoms with van der Waals surface area (Å²) in [6.45, 7) is 7.49. The molecule has 1 atom stereocenters. The number of unbranched alkanes of at least 4 members (excludes halogenated alkanes) is 2. The van der Waals surface area contributed by atoms with Crippen molar-refractivity contribution in [3.8, 4) is 0 Å². The summed E-state index contributed by atoms with van der Waals surface area (Å²) in [5, 5.41) is 3.12. The summed E-state index contributed by atoms with van der Waals surface area (Å²) in [6.07, 6.45) is 6.83. The van der Waals surface area contributed by atoms with Crippen LogP contribution in [0.25, 0.3) is 0 Å². The lowest BCUT2D eigenvalue weighted by Gasteiger charge is -2.52. The van der Waals surface area contributed by atoms with Gasteiger partial charge in [0.1, 0.15) is 11.6 Å². The van der Waals surface area contributed by atoms with Gasteiger partial charge in [-0.1, -0.05) is 80.9 Å². The minimum absolute atomic E-state index is 0.0428. The number of amides is 2. The normalized spacial score (nSPS) is 20.4. The number of nitrogens with one attached hydrogen (secondary N) is 1. The van der Waals surface area contributed by atoms with Gasteiger partial charge < -0.3 is 15.1 Å². The number of hydrogen-bond donors (Lipinski definition) is 1. The van der Waals surface area contributed by atoms with Crippen LogP contribution in [0.5, 0.6) is 0 Å². The highest BCUT2D eigenvalue weighted by Gasteiger charge is 2.53. The van der Waals surface area contributed by atoms with Gasteiger partial charge in [0, 0.05) is 19.6 Å². The lowest BCUT2D eigenvalue weighted by Crippen LogP contribution is -2.72. The zero-order valence-corrected chi connectivity index (χ0v) is 21.4. The monoisotopic (exact) mass is 475 g/mol. The van der Waals surface area contributed by atoms with E-state index in [2.05, 4.69) is 66.5 Å². The molecule has 2 aromatic rings. The number of rotatable bonds is 10.